The van der Waals surface area contributed by atoms with Crippen LogP contribution in [0, 0.1) is 11.3 Å². The molecule has 0 amide bonds. The number of rotatable bonds is 2. The van der Waals surface area contributed by atoms with E-state index in [1.165, 1.54) is 0 Å². The van der Waals surface area contributed by atoms with Gasteiger partial charge in [0.1, 0.15) is 6.07 Å². The topological polar surface area (TPSA) is 42.2 Å². The molecule has 1 aromatic rings. The minimum Gasteiger partial charge on any atom is -0.489 e. The molecule has 3 nitrogen and oxygen atoms in total. The van der Waals surface area contributed by atoms with E-state index in [1.54, 1.807) is 0 Å². The van der Waals surface area contributed by atoms with E-state index in [0.717, 1.165) is 17.7 Å². The number of ether oxygens (including phenoxy) is 2. The van der Waals surface area contributed by atoms with Gasteiger partial charge in [0, 0.05) is 12.0 Å². The lowest BCUT2D eigenvalue weighted by Gasteiger charge is -2.06. The lowest BCUT2D eigenvalue weighted by atomic mass is 10.1. The summed E-state index contributed by atoms with van der Waals surface area (Å²) in [5.41, 5.74) is 1.16. The van der Waals surface area contributed by atoms with Gasteiger partial charge in [-0.25, -0.2) is 0 Å². The second-order valence-corrected chi connectivity index (χ2v) is 2.79. The Morgan fingerprint density at radius 3 is 3.31 bits per heavy atom. The van der Waals surface area contributed by atoms with Crippen molar-refractivity contribution in [1.29, 1.82) is 5.26 Å². The second-order valence-electron chi connectivity index (χ2n) is 2.79. The average Bonchev–Trinajstić information content (AvgIpc) is 2.62. The minimum absolute atomic E-state index is 0.0693. The molecule has 0 saturated heterocycles. The normalized spacial score (nSPS) is 12.8. The van der Waals surface area contributed by atoms with Crippen LogP contribution in [0.15, 0.2) is 18.2 Å². The molecule has 13 heavy (non-hydrogen) atoms. The molecule has 1 heterocycles. The Morgan fingerprint density at radius 2 is 2.46 bits per heavy atom. The highest BCUT2D eigenvalue weighted by molar-refractivity contribution is 5.48. The van der Waals surface area contributed by atoms with Crippen molar-refractivity contribution < 1.29 is 9.47 Å². The van der Waals surface area contributed by atoms with Gasteiger partial charge in [-0.05, 0) is 6.07 Å². The predicted molar refractivity (Wildman–Crippen MR) is 46.7 cm³/mol. The summed E-state index contributed by atoms with van der Waals surface area (Å²) in [7, 11) is 0. The van der Waals surface area contributed by atoms with Crippen LogP contribution in [0.1, 0.15) is 5.56 Å². The van der Waals surface area contributed by atoms with E-state index in [2.05, 4.69) is 0 Å². The third kappa shape index (κ3) is 1.43. The van der Waals surface area contributed by atoms with Crippen molar-refractivity contribution in [3.05, 3.63) is 23.8 Å². The highest BCUT2D eigenvalue weighted by atomic mass is 16.5. The molecule has 0 radical (unpaired) electrons. The van der Waals surface area contributed by atoms with Gasteiger partial charge in [-0.1, -0.05) is 12.1 Å². The fourth-order valence-electron chi connectivity index (χ4n) is 1.41. The molecule has 0 bridgehead atoms. The molecular formula is C10H9NO2. The van der Waals surface area contributed by atoms with Crippen LogP contribution >= 0.6 is 0 Å². The second kappa shape index (κ2) is 3.36. The molecule has 0 N–H and O–H groups in total. The van der Waals surface area contributed by atoms with Gasteiger partial charge in [-0.3, -0.25) is 0 Å². The van der Waals surface area contributed by atoms with E-state index in [0.29, 0.717) is 12.4 Å². The first kappa shape index (κ1) is 7.93. The zero-order valence-corrected chi connectivity index (χ0v) is 7.12. The van der Waals surface area contributed by atoms with Crippen LogP contribution in [-0.2, 0) is 6.42 Å². The van der Waals surface area contributed by atoms with Crippen LogP contribution in [0.25, 0.3) is 0 Å². The summed E-state index contributed by atoms with van der Waals surface area (Å²) in [5, 5.41) is 8.36. The largest absolute Gasteiger partial charge is 0.489 e. The van der Waals surface area contributed by atoms with Crippen molar-refractivity contribution >= 4 is 0 Å². The number of nitrogens with zero attached hydrogens (tertiary/aromatic N) is 1. The molecule has 2 rings (SSSR count). The van der Waals surface area contributed by atoms with Gasteiger partial charge in [-0.2, -0.15) is 5.26 Å². The molecule has 0 atom stereocenters. The molecule has 66 valence electrons. The van der Waals surface area contributed by atoms with Crippen LogP contribution < -0.4 is 9.47 Å². The molecule has 3 heteroatoms. The van der Waals surface area contributed by atoms with Gasteiger partial charge >= 0.3 is 0 Å². The third-order valence-electron chi connectivity index (χ3n) is 1.97. The summed E-state index contributed by atoms with van der Waals surface area (Å²) in [5.74, 6) is 1.48. The van der Waals surface area contributed by atoms with Gasteiger partial charge in [0.25, 0.3) is 0 Å². The zero-order chi connectivity index (χ0) is 9.10. The van der Waals surface area contributed by atoms with Gasteiger partial charge in [0.2, 0.25) is 0 Å². The van der Waals surface area contributed by atoms with Crippen molar-refractivity contribution in [3.8, 4) is 17.6 Å². The first-order valence-corrected chi connectivity index (χ1v) is 4.16. The maximum atomic E-state index is 8.36. The summed E-state index contributed by atoms with van der Waals surface area (Å²) in [6.45, 7) is 0.780. The van der Waals surface area contributed by atoms with E-state index in [-0.39, 0.29) is 6.61 Å². The van der Waals surface area contributed by atoms with E-state index in [9.17, 15) is 0 Å². The molecule has 0 unspecified atom stereocenters. The summed E-state index contributed by atoms with van der Waals surface area (Å²) in [6, 6.07) is 7.68. The van der Waals surface area contributed by atoms with Crippen molar-refractivity contribution in [2.45, 2.75) is 6.42 Å². The molecule has 0 fully saturated rings. The maximum Gasteiger partial charge on any atom is 0.174 e. The van der Waals surface area contributed by atoms with Crippen molar-refractivity contribution in [3.63, 3.8) is 0 Å². The SMILES string of the molecule is N#CCOc1cccc2c1OCC2. The summed E-state index contributed by atoms with van der Waals surface area (Å²) < 4.78 is 10.6. The standard InChI is InChI=1S/C10H9NO2/c11-5-7-12-9-3-1-2-8-4-6-13-10(8)9/h1-3H,4,6-7H2. The van der Waals surface area contributed by atoms with Crippen LogP contribution in [0.4, 0.5) is 0 Å². The quantitative estimate of drug-likeness (QED) is 0.684. The number of nitriles is 1. The first-order valence-electron chi connectivity index (χ1n) is 4.16. The maximum absolute atomic E-state index is 8.36. The number of fused-ring (bicyclic) bond motifs is 1. The van der Waals surface area contributed by atoms with Crippen molar-refractivity contribution in [2.75, 3.05) is 13.2 Å². The number of benzene rings is 1. The van der Waals surface area contributed by atoms with Crippen LogP contribution in [0.3, 0.4) is 0 Å². The Morgan fingerprint density at radius 1 is 1.54 bits per heavy atom. The monoisotopic (exact) mass is 175 g/mol. The van der Waals surface area contributed by atoms with Gasteiger partial charge in [0.05, 0.1) is 6.61 Å². The van der Waals surface area contributed by atoms with Gasteiger partial charge < -0.3 is 9.47 Å². The minimum atomic E-state index is 0.0693. The molecular weight excluding hydrogens is 166 g/mol. The molecule has 0 saturated carbocycles. The smallest absolute Gasteiger partial charge is 0.174 e. The molecule has 0 aromatic heterocycles. The number of hydrogen-bond acceptors (Lipinski definition) is 3. The lowest BCUT2D eigenvalue weighted by molar-refractivity contribution is 0.311. The average molecular weight is 175 g/mol. The molecule has 1 aliphatic heterocycles. The van der Waals surface area contributed by atoms with E-state index in [1.807, 2.05) is 24.3 Å². The Hall–Kier alpha value is -1.69. The Bertz CT molecular complexity index is 354. The highest BCUT2D eigenvalue weighted by Crippen LogP contribution is 2.35. The fourth-order valence-corrected chi connectivity index (χ4v) is 1.41. The van der Waals surface area contributed by atoms with Crippen LogP contribution in [0.2, 0.25) is 0 Å². The lowest BCUT2D eigenvalue weighted by Crippen LogP contribution is -1.95. The molecule has 1 aliphatic rings. The Labute approximate surface area is 76.5 Å². The van der Waals surface area contributed by atoms with Crippen molar-refractivity contribution in [2.24, 2.45) is 0 Å². The number of hydrogen-bond donors (Lipinski definition) is 0. The van der Waals surface area contributed by atoms with E-state index < -0.39 is 0 Å². The first-order chi connectivity index (χ1) is 6.42. The summed E-state index contributed by atoms with van der Waals surface area (Å²) in [4.78, 5) is 0. The third-order valence-corrected chi connectivity index (χ3v) is 1.97. The van der Waals surface area contributed by atoms with E-state index >= 15 is 0 Å². The summed E-state index contributed by atoms with van der Waals surface area (Å²) in [6.07, 6.45) is 0.930. The highest BCUT2D eigenvalue weighted by Gasteiger charge is 2.16. The molecule has 0 spiro atoms. The zero-order valence-electron chi connectivity index (χ0n) is 7.12. The molecule has 1 aromatic carbocycles. The Kier molecular flexibility index (Phi) is 2.05. The predicted octanol–water partition coefficient (Wildman–Crippen LogP) is 1.52. The van der Waals surface area contributed by atoms with Crippen molar-refractivity contribution in [1.82, 2.24) is 0 Å². The van der Waals surface area contributed by atoms with E-state index in [4.69, 9.17) is 14.7 Å². The number of para-hydroxylation sites is 1. The summed E-state index contributed by atoms with van der Waals surface area (Å²) >= 11 is 0. The van der Waals surface area contributed by atoms with Crippen LogP contribution in [-0.4, -0.2) is 13.2 Å². The molecule has 0 aliphatic carbocycles. The van der Waals surface area contributed by atoms with Gasteiger partial charge in [-0.15, -0.1) is 0 Å². The van der Waals surface area contributed by atoms with Crippen LogP contribution in [0.5, 0.6) is 11.5 Å². The Balaban J connectivity index is 2.26. The van der Waals surface area contributed by atoms with Gasteiger partial charge in [0.15, 0.2) is 18.1 Å². The fraction of sp³-hybridized carbons (Fsp3) is 0.300.